The third kappa shape index (κ3) is 3.97. The van der Waals surface area contributed by atoms with Crippen molar-refractivity contribution in [2.45, 2.75) is 12.8 Å². The van der Waals surface area contributed by atoms with Gasteiger partial charge in [0.1, 0.15) is 5.75 Å². The fourth-order valence-electron chi connectivity index (χ4n) is 1.42. The number of methoxy groups -OCH3 is 1. The summed E-state index contributed by atoms with van der Waals surface area (Å²) in [5.74, 6) is -0.648. The molecule has 1 aromatic carbocycles. The number of carbonyl (C=O) groups is 2. The molecule has 0 heterocycles. The van der Waals surface area contributed by atoms with E-state index in [1.807, 2.05) is 0 Å². The van der Waals surface area contributed by atoms with Crippen molar-refractivity contribution in [1.29, 1.82) is 0 Å². The summed E-state index contributed by atoms with van der Waals surface area (Å²) >= 11 is 0. The number of ether oxygens (including phenoxy) is 1. The van der Waals surface area contributed by atoms with Crippen LogP contribution in [-0.4, -0.2) is 30.6 Å². The Morgan fingerprint density at radius 1 is 1.44 bits per heavy atom. The number of nitrogens with one attached hydrogen (secondary N) is 1. The summed E-state index contributed by atoms with van der Waals surface area (Å²) < 4.78 is 4.98. The fourth-order valence-corrected chi connectivity index (χ4v) is 1.42. The number of anilines is 1. The fraction of sp³-hybridized carbons (Fsp3) is 0.333. The van der Waals surface area contributed by atoms with E-state index in [1.54, 1.807) is 12.1 Å². The molecule has 0 saturated heterocycles. The van der Waals surface area contributed by atoms with Gasteiger partial charge in [-0.2, -0.15) is 0 Å². The van der Waals surface area contributed by atoms with E-state index in [-0.39, 0.29) is 12.3 Å². The Morgan fingerprint density at radius 3 is 2.72 bits per heavy atom. The van der Waals surface area contributed by atoms with Crippen LogP contribution in [0.4, 0.5) is 5.69 Å². The predicted molar refractivity (Wildman–Crippen MR) is 66.6 cm³/mol. The SMILES string of the molecule is COc1ccc(C(=O)NCCCC(=O)O)cc1N. The summed E-state index contributed by atoms with van der Waals surface area (Å²) in [6.07, 6.45) is 0.428. The van der Waals surface area contributed by atoms with Crippen LogP contribution in [-0.2, 0) is 4.79 Å². The lowest BCUT2D eigenvalue weighted by atomic mass is 10.1. The van der Waals surface area contributed by atoms with Crippen molar-refractivity contribution in [3.8, 4) is 5.75 Å². The average molecular weight is 252 g/mol. The first-order chi connectivity index (χ1) is 8.54. The summed E-state index contributed by atoms with van der Waals surface area (Å²) in [4.78, 5) is 22.0. The molecule has 1 aromatic rings. The predicted octanol–water partition coefficient (Wildman–Crippen LogP) is 0.872. The van der Waals surface area contributed by atoms with E-state index in [1.165, 1.54) is 13.2 Å². The quantitative estimate of drug-likeness (QED) is 0.515. The minimum Gasteiger partial charge on any atom is -0.495 e. The molecule has 0 aliphatic rings. The van der Waals surface area contributed by atoms with E-state index in [9.17, 15) is 9.59 Å². The molecule has 1 rings (SSSR count). The summed E-state index contributed by atoms with van der Waals surface area (Å²) in [7, 11) is 1.50. The molecule has 18 heavy (non-hydrogen) atoms. The molecule has 0 aliphatic carbocycles. The second kappa shape index (κ2) is 6.48. The smallest absolute Gasteiger partial charge is 0.303 e. The Kier molecular flexibility index (Phi) is 4.98. The topological polar surface area (TPSA) is 102 Å². The summed E-state index contributed by atoms with van der Waals surface area (Å²) in [6, 6.07) is 4.73. The first-order valence-electron chi connectivity index (χ1n) is 5.48. The van der Waals surface area contributed by atoms with Gasteiger partial charge in [0.25, 0.3) is 5.91 Å². The third-order valence-corrected chi connectivity index (χ3v) is 2.34. The van der Waals surface area contributed by atoms with Gasteiger partial charge in [0.05, 0.1) is 12.8 Å². The van der Waals surface area contributed by atoms with Gasteiger partial charge in [0.15, 0.2) is 0 Å². The van der Waals surface area contributed by atoms with Gasteiger partial charge in [-0.1, -0.05) is 0 Å². The molecule has 6 nitrogen and oxygen atoms in total. The van der Waals surface area contributed by atoms with Crippen LogP contribution in [0.5, 0.6) is 5.75 Å². The highest BCUT2D eigenvalue weighted by molar-refractivity contribution is 5.95. The monoisotopic (exact) mass is 252 g/mol. The van der Waals surface area contributed by atoms with Crippen LogP contribution < -0.4 is 15.8 Å². The average Bonchev–Trinajstić information content (AvgIpc) is 2.34. The van der Waals surface area contributed by atoms with E-state index in [4.69, 9.17) is 15.6 Å². The van der Waals surface area contributed by atoms with E-state index in [0.717, 1.165) is 0 Å². The maximum atomic E-state index is 11.7. The minimum atomic E-state index is -0.877. The maximum Gasteiger partial charge on any atom is 0.303 e. The normalized spacial score (nSPS) is 9.83. The van der Waals surface area contributed by atoms with E-state index in [2.05, 4.69) is 5.32 Å². The highest BCUT2D eigenvalue weighted by Gasteiger charge is 2.08. The Labute approximate surface area is 105 Å². The number of aliphatic carboxylic acids is 1. The Hall–Kier alpha value is -2.24. The number of benzene rings is 1. The molecular formula is C12H16N2O4. The molecule has 4 N–H and O–H groups in total. The van der Waals surface area contributed by atoms with Crippen molar-refractivity contribution < 1.29 is 19.4 Å². The molecule has 6 heteroatoms. The van der Waals surface area contributed by atoms with E-state index < -0.39 is 5.97 Å². The van der Waals surface area contributed by atoms with Gasteiger partial charge in [0.2, 0.25) is 0 Å². The van der Waals surface area contributed by atoms with Gasteiger partial charge >= 0.3 is 5.97 Å². The molecule has 0 bridgehead atoms. The number of carbonyl (C=O) groups excluding carboxylic acids is 1. The van der Waals surface area contributed by atoms with Crippen molar-refractivity contribution in [3.05, 3.63) is 23.8 Å². The van der Waals surface area contributed by atoms with Crippen LogP contribution in [0, 0.1) is 0 Å². The summed E-state index contributed by atoms with van der Waals surface area (Å²) in [5.41, 5.74) is 6.49. The van der Waals surface area contributed by atoms with Crippen molar-refractivity contribution in [2.24, 2.45) is 0 Å². The van der Waals surface area contributed by atoms with Gasteiger partial charge in [-0.05, 0) is 24.6 Å². The minimum absolute atomic E-state index is 0.0328. The molecule has 0 unspecified atom stereocenters. The Balaban J connectivity index is 2.51. The Morgan fingerprint density at radius 2 is 2.17 bits per heavy atom. The van der Waals surface area contributed by atoms with Crippen LogP contribution in [0.3, 0.4) is 0 Å². The first kappa shape index (κ1) is 13.8. The van der Waals surface area contributed by atoms with Crippen LogP contribution >= 0.6 is 0 Å². The van der Waals surface area contributed by atoms with Crippen molar-refractivity contribution in [2.75, 3.05) is 19.4 Å². The zero-order chi connectivity index (χ0) is 13.5. The molecule has 0 spiro atoms. The number of hydrogen-bond acceptors (Lipinski definition) is 4. The van der Waals surface area contributed by atoms with Gasteiger partial charge in [-0.3, -0.25) is 9.59 Å². The van der Waals surface area contributed by atoms with Gasteiger partial charge in [0, 0.05) is 18.5 Å². The number of amides is 1. The zero-order valence-electron chi connectivity index (χ0n) is 10.1. The van der Waals surface area contributed by atoms with Crippen molar-refractivity contribution in [3.63, 3.8) is 0 Å². The highest BCUT2D eigenvalue weighted by Crippen LogP contribution is 2.21. The van der Waals surface area contributed by atoms with Crippen LogP contribution in [0.2, 0.25) is 0 Å². The lowest BCUT2D eigenvalue weighted by Gasteiger charge is -2.07. The lowest BCUT2D eigenvalue weighted by molar-refractivity contribution is -0.137. The largest absolute Gasteiger partial charge is 0.495 e. The molecule has 0 aromatic heterocycles. The second-order valence-electron chi connectivity index (χ2n) is 3.71. The number of carboxylic acids is 1. The number of nitrogens with two attached hydrogens (primary N) is 1. The van der Waals surface area contributed by atoms with Gasteiger partial charge in [-0.15, -0.1) is 0 Å². The molecule has 0 saturated carbocycles. The molecular weight excluding hydrogens is 236 g/mol. The molecule has 1 amide bonds. The van der Waals surface area contributed by atoms with E-state index >= 15 is 0 Å². The van der Waals surface area contributed by atoms with Crippen LogP contribution in [0.15, 0.2) is 18.2 Å². The zero-order valence-corrected chi connectivity index (χ0v) is 10.1. The third-order valence-electron chi connectivity index (χ3n) is 2.34. The summed E-state index contributed by atoms with van der Waals surface area (Å²) in [5, 5.41) is 11.1. The van der Waals surface area contributed by atoms with Crippen LogP contribution in [0.1, 0.15) is 23.2 Å². The molecule has 98 valence electrons. The number of carboxylic acid groups (broad SMARTS) is 1. The number of hydrogen-bond donors (Lipinski definition) is 3. The van der Waals surface area contributed by atoms with E-state index in [0.29, 0.717) is 30.0 Å². The Bertz CT molecular complexity index is 446. The van der Waals surface area contributed by atoms with Gasteiger partial charge < -0.3 is 20.9 Å². The number of nitrogen functional groups attached to an aromatic ring is 1. The first-order valence-corrected chi connectivity index (χ1v) is 5.48. The standard InChI is InChI=1S/C12H16N2O4/c1-18-10-5-4-8(7-9(10)13)12(17)14-6-2-3-11(15)16/h4-5,7H,2-3,6,13H2,1H3,(H,14,17)(H,15,16). The van der Waals surface area contributed by atoms with Crippen molar-refractivity contribution >= 4 is 17.6 Å². The molecule has 0 atom stereocenters. The highest BCUT2D eigenvalue weighted by atomic mass is 16.5. The maximum absolute atomic E-state index is 11.7. The van der Waals surface area contributed by atoms with Crippen molar-refractivity contribution in [1.82, 2.24) is 5.32 Å². The van der Waals surface area contributed by atoms with Crippen LogP contribution in [0.25, 0.3) is 0 Å². The molecule has 0 fully saturated rings. The molecule has 0 radical (unpaired) electrons. The second-order valence-corrected chi connectivity index (χ2v) is 3.71. The lowest BCUT2D eigenvalue weighted by Crippen LogP contribution is -2.25. The van der Waals surface area contributed by atoms with Gasteiger partial charge in [-0.25, -0.2) is 0 Å². The number of rotatable bonds is 6. The molecule has 0 aliphatic heterocycles. The summed E-state index contributed by atoms with van der Waals surface area (Å²) in [6.45, 7) is 0.317.